The Kier molecular flexibility index (Phi) is 7.22. The van der Waals surface area contributed by atoms with Gasteiger partial charge in [0.2, 0.25) is 5.70 Å². The zero-order valence-corrected chi connectivity index (χ0v) is 16.8. The maximum absolute atomic E-state index is 13.3. The summed E-state index contributed by atoms with van der Waals surface area (Å²) >= 11 is 5.45. The minimum absolute atomic E-state index is 0.0249. The summed E-state index contributed by atoms with van der Waals surface area (Å²) in [5, 5.41) is 25.5. The molecule has 160 valence electrons. The second-order valence-corrected chi connectivity index (χ2v) is 6.73. The van der Waals surface area contributed by atoms with E-state index in [1.165, 1.54) is 41.0 Å². The Labute approximate surface area is 181 Å². The van der Waals surface area contributed by atoms with Gasteiger partial charge < -0.3 is 20.3 Å². The first kappa shape index (κ1) is 22.3. The Bertz CT molecular complexity index is 1090. The van der Waals surface area contributed by atoms with Crippen LogP contribution in [-0.4, -0.2) is 16.7 Å². The zero-order chi connectivity index (χ0) is 22.4. The lowest BCUT2D eigenvalue weighted by Gasteiger charge is -2.17. The summed E-state index contributed by atoms with van der Waals surface area (Å²) in [6, 6.07) is 13.9. The fourth-order valence-corrected chi connectivity index (χ4v) is 3.06. The van der Waals surface area contributed by atoms with E-state index < -0.39 is 18.2 Å². The van der Waals surface area contributed by atoms with Crippen molar-refractivity contribution >= 4 is 34.3 Å². The van der Waals surface area contributed by atoms with Crippen molar-refractivity contribution in [3.05, 3.63) is 90.0 Å². The van der Waals surface area contributed by atoms with Crippen molar-refractivity contribution < 1.29 is 32.7 Å². The second kappa shape index (κ2) is 10.1. The highest BCUT2D eigenvalue weighted by atomic mass is 32.1. The highest BCUT2D eigenvalue weighted by Gasteiger charge is 2.20. The van der Waals surface area contributed by atoms with E-state index in [4.69, 9.17) is 12.2 Å². The topological polar surface area (TPSA) is 68.4 Å². The van der Waals surface area contributed by atoms with E-state index in [1.807, 2.05) is 0 Å². The van der Waals surface area contributed by atoms with Crippen molar-refractivity contribution in [2.75, 3.05) is 5.32 Å². The van der Waals surface area contributed by atoms with Crippen LogP contribution in [0.25, 0.3) is 11.5 Å². The first-order valence-corrected chi connectivity index (χ1v) is 9.43. The van der Waals surface area contributed by atoms with E-state index >= 15 is 0 Å². The summed E-state index contributed by atoms with van der Waals surface area (Å²) in [4.78, 5) is 0.0388. The lowest BCUT2D eigenvalue weighted by atomic mass is 10.1. The van der Waals surface area contributed by atoms with Crippen LogP contribution >= 0.6 is 12.2 Å². The van der Waals surface area contributed by atoms with Crippen LogP contribution in [-0.2, 0) is 6.61 Å². The average Bonchev–Trinajstić information content (AvgIpc) is 2.75. The molecule has 0 aliphatic heterocycles. The molecule has 31 heavy (non-hydrogen) atoms. The highest BCUT2D eigenvalue weighted by molar-refractivity contribution is 7.81. The van der Waals surface area contributed by atoms with Crippen LogP contribution in [0.4, 0.5) is 18.9 Å². The van der Waals surface area contributed by atoms with Crippen LogP contribution in [0.5, 0.6) is 5.75 Å². The smallest absolute Gasteiger partial charge is 0.387 e. The fraction of sp³-hybridized carbons (Fsp3) is 0.0909. The monoisotopic (exact) mass is 446 g/mol. The summed E-state index contributed by atoms with van der Waals surface area (Å²) in [5.41, 5.74) is 1.26. The van der Waals surface area contributed by atoms with E-state index in [1.54, 1.807) is 24.5 Å². The Morgan fingerprint density at radius 1 is 1.10 bits per heavy atom. The molecule has 0 fully saturated rings. The van der Waals surface area contributed by atoms with Crippen molar-refractivity contribution in [2.24, 2.45) is 0 Å². The molecule has 0 unspecified atom stereocenters. The summed E-state index contributed by atoms with van der Waals surface area (Å²) in [5.74, 6) is -0.988. The SMILES string of the molecule is [O-]/C(=C(\C(=S)Nc1ccc(OC(F)F)cc1)[n+]1cccc(CO)c1)c1ccc(F)cc1. The number of ether oxygens (including phenoxy) is 1. The van der Waals surface area contributed by atoms with Gasteiger partial charge in [-0.05, 0) is 53.8 Å². The van der Waals surface area contributed by atoms with Gasteiger partial charge in [0.25, 0.3) is 0 Å². The molecule has 9 heteroatoms. The van der Waals surface area contributed by atoms with Crippen molar-refractivity contribution in [1.82, 2.24) is 0 Å². The third-order valence-electron chi connectivity index (χ3n) is 4.18. The second-order valence-electron chi connectivity index (χ2n) is 6.32. The van der Waals surface area contributed by atoms with E-state index in [-0.39, 0.29) is 28.6 Å². The summed E-state index contributed by atoms with van der Waals surface area (Å²) < 4.78 is 43.7. The van der Waals surface area contributed by atoms with E-state index in [2.05, 4.69) is 10.1 Å². The van der Waals surface area contributed by atoms with E-state index in [0.29, 0.717) is 11.3 Å². The molecule has 2 aromatic carbocycles. The van der Waals surface area contributed by atoms with Crippen molar-refractivity contribution in [1.29, 1.82) is 0 Å². The molecule has 0 atom stereocenters. The Morgan fingerprint density at radius 2 is 1.77 bits per heavy atom. The number of alkyl halides is 2. The number of pyridine rings is 1. The van der Waals surface area contributed by atoms with Crippen LogP contribution in [0.2, 0.25) is 0 Å². The highest BCUT2D eigenvalue weighted by Crippen LogP contribution is 2.21. The molecule has 0 amide bonds. The normalized spacial score (nSPS) is 11.8. The predicted octanol–water partition coefficient (Wildman–Crippen LogP) is 3.33. The molecule has 0 bridgehead atoms. The van der Waals surface area contributed by atoms with Crippen LogP contribution in [0.3, 0.4) is 0 Å². The lowest BCUT2D eigenvalue weighted by molar-refractivity contribution is -0.578. The summed E-state index contributed by atoms with van der Waals surface area (Å²) in [7, 11) is 0. The number of hydrogen-bond acceptors (Lipinski definition) is 4. The number of halogens is 3. The number of aliphatic hydroxyl groups is 1. The van der Waals surface area contributed by atoms with Gasteiger partial charge in [-0.15, -0.1) is 0 Å². The number of thiocarbonyl (C=S) groups is 1. The van der Waals surface area contributed by atoms with Crippen molar-refractivity contribution in [3.63, 3.8) is 0 Å². The van der Waals surface area contributed by atoms with Crippen LogP contribution in [0, 0.1) is 5.82 Å². The molecule has 3 rings (SSSR count). The largest absolute Gasteiger partial charge is 0.867 e. The van der Waals surface area contributed by atoms with Crippen LogP contribution in [0.15, 0.2) is 73.1 Å². The molecular formula is C22H17F3N2O3S. The number of aliphatic hydroxyl groups excluding tert-OH is 1. The average molecular weight is 446 g/mol. The predicted molar refractivity (Wildman–Crippen MR) is 111 cm³/mol. The van der Waals surface area contributed by atoms with Gasteiger partial charge in [-0.3, -0.25) is 0 Å². The quantitative estimate of drug-likeness (QED) is 0.252. The van der Waals surface area contributed by atoms with Crippen molar-refractivity contribution in [3.8, 4) is 5.75 Å². The standard InChI is InChI=1S/C22H17F3N2O3S/c23-16-5-3-15(4-6-16)20(29)19(27-11-1-2-14(12-27)13-28)21(31)26-17-7-9-18(10-8-17)30-22(24)25/h1-12,22,28H,13H2,(H-,26,29,31). The fourth-order valence-electron chi connectivity index (χ4n) is 2.74. The van der Waals surface area contributed by atoms with Gasteiger partial charge in [0.15, 0.2) is 17.4 Å². The number of aromatic nitrogens is 1. The Hall–Kier alpha value is -3.43. The van der Waals surface area contributed by atoms with Crippen molar-refractivity contribution in [2.45, 2.75) is 13.2 Å². The molecule has 1 aromatic heterocycles. The van der Waals surface area contributed by atoms with Crippen LogP contribution < -0.4 is 19.7 Å². The number of hydrogen-bond donors (Lipinski definition) is 2. The summed E-state index contributed by atoms with van der Waals surface area (Å²) in [6.45, 7) is -3.19. The Morgan fingerprint density at radius 3 is 2.39 bits per heavy atom. The minimum atomic E-state index is -2.94. The molecule has 1 heterocycles. The maximum atomic E-state index is 13.3. The molecular weight excluding hydrogens is 429 g/mol. The minimum Gasteiger partial charge on any atom is -0.867 e. The van der Waals surface area contributed by atoms with Gasteiger partial charge in [-0.25, -0.2) is 4.39 Å². The molecule has 0 aliphatic rings. The van der Waals surface area contributed by atoms with Gasteiger partial charge in [0.1, 0.15) is 11.6 Å². The lowest BCUT2D eigenvalue weighted by Crippen LogP contribution is -2.40. The van der Waals surface area contributed by atoms with Gasteiger partial charge in [-0.1, -0.05) is 24.4 Å². The zero-order valence-electron chi connectivity index (χ0n) is 16.0. The Balaban J connectivity index is 1.98. The first-order valence-electron chi connectivity index (χ1n) is 9.02. The van der Waals surface area contributed by atoms with Gasteiger partial charge in [0.05, 0.1) is 6.61 Å². The van der Waals surface area contributed by atoms with E-state index in [9.17, 15) is 23.4 Å². The molecule has 5 nitrogen and oxygen atoms in total. The number of nitrogens with zero attached hydrogens (tertiary/aromatic N) is 1. The van der Waals surface area contributed by atoms with Gasteiger partial charge >= 0.3 is 6.61 Å². The summed E-state index contributed by atoms with van der Waals surface area (Å²) in [6.07, 6.45) is 3.13. The number of benzene rings is 2. The molecule has 0 radical (unpaired) electrons. The van der Waals surface area contributed by atoms with E-state index in [0.717, 1.165) is 12.1 Å². The third kappa shape index (κ3) is 5.80. The first-order chi connectivity index (χ1) is 14.9. The molecule has 0 aliphatic carbocycles. The van der Waals surface area contributed by atoms with Gasteiger partial charge in [-0.2, -0.15) is 13.3 Å². The maximum Gasteiger partial charge on any atom is 0.387 e. The molecule has 2 N–H and O–H groups in total. The third-order valence-corrected chi connectivity index (χ3v) is 4.47. The number of rotatable bonds is 7. The molecule has 0 saturated heterocycles. The number of nitrogens with one attached hydrogen (secondary N) is 1. The number of anilines is 1. The molecule has 0 saturated carbocycles. The van der Waals surface area contributed by atoms with Gasteiger partial charge in [0, 0.05) is 17.3 Å². The molecule has 3 aromatic rings. The molecule has 0 spiro atoms. The van der Waals surface area contributed by atoms with Crippen LogP contribution in [0.1, 0.15) is 11.1 Å².